The lowest BCUT2D eigenvalue weighted by Crippen LogP contribution is -2.72. The van der Waals surface area contributed by atoms with Crippen LogP contribution in [0.5, 0.6) is 0 Å². The topological polar surface area (TPSA) is 148 Å². The van der Waals surface area contributed by atoms with Crippen molar-refractivity contribution in [2.24, 2.45) is 5.16 Å². The Morgan fingerprint density at radius 1 is 1.41 bits per heavy atom. The molecule has 158 valence electrons. The number of aromatic nitrogens is 1. The summed E-state index contributed by atoms with van der Waals surface area (Å²) in [6.07, 6.45) is 1.54. The number of alkyl halides is 1. The molecule has 2 heterocycles. The summed E-state index contributed by atoms with van der Waals surface area (Å²) in [5, 5.41) is 12.6. The number of esters is 1. The summed E-state index contributed by atoms with van der Waals surface area (Å²) < 4.78 is 5.07. The Hall–Kier alpha value is -2.73. The number of carbonyl (C=O) groups is 4. The number of amides is 3. The van der Waals surface area contributed by atoms with Crippen molar-refractivity contribution in [2.45, 2.75) is 31.8 Å². The van der Waals surface area contributed by atoms with Crippen LogP contribution in [-0.2, 0) is 28.8 Å². The van der Waals surface area contributed by atoms with E-state index < -0.39 is 35.8 Å². The zero-order chi connectivity index (χ0) is 21.4. The first-order chi connectivity index (χ1) is 13.9. The van der Waals surface area contributed by atoms with E-state index in [0.29, 0.717) is 6.42 Å². The van der Waals surface area contributed by atoms with Crippen molar-refractivity contribution in [3.05, 3.63) is 11.1 Å². The van der Waals surface area contributed by atoms with Gasteiger partial charge in [-0.15, -0.1) is 22.9 Å². The van der Waals surface area contributed by atoms with E-state index >= 15 is 0 Å². The van der Waals surface area contributed by atoms with Gasteiger partial charge >= 0.3 is 5.97 Å². The van der Waals surface area contributed by atoms with Gasteiger partial charge in [0.1, 0.15) is 24.7 Å². The molecule has 0 aliphatic carbocycles. The summed E-state index contributed by atoms with van der Waals surface area (Å²) in [5.41, 5.74) is -0.117. The smallest absolute Gasteiger partial charge is 0.331 e. The number of β-lactam (4-membered cyclic amide) rings is 1. The van der Waals surface area contributed by atoms with Gasteiger partial charge in [0, 0.05) is 5.38 Å². The van der Waals surface area contributed by atoms with Crippen molar-refractivity contribution in [3.63, 3.8) is 0 Å². The highest BCUT2D eigenvalue weighted by atomic mass is 35.5. The quantitative estimate of drug-likeness (QED) is 0.115. The van der Waals surface area contributed by atoms with Crippen LogP contribution in [0.1, 0.15) is 25.5 Å². The van der Waals surface area contributed by atoms with Crippen LogP contribution >= 0.6 is 22.9 Å². The molecule has 0 unspecified atom stereocenters. The summed E-state index contributed by atoms with van der Waals surface area (Å²) >= 11 is 6.47. The zero-order valence-corrected chi connectivity index (χ0v) is 17.3. The fraction of sp³-hybridized carbons (Fsp3) is 0.500. The summed E-state index contributed by atoms with van der Waals surface area (Å²) in [6.45, 7) is 2.18. The molecule has 1 aromatic heterocycles. The van der Waals surface area contributed by atoms with Gasteiger partial charge in [0.05, 0.1) is 6.61 Å². The van der Waals surface area contributed by atoms with Crippen LogP contribution < -0.4 is 16.0 Å². The molecule has 13 heteroatoms. The number of hydrogen-bond acceptors (Lipinski definition) is 9. The summed E-state index contributed by atoms with van der Waals surface area (Å²) in [7, 11) is 1.24. The number of hydrogen-bond donors (Lipinski definition) is 3. The first kappa shape index (κ1) is 22.6. The third-order valence-corrected chi connectivity index (χ3v) is 4.71. The lowest BCUT2D eigenvalue weighted by molar-refractivity contribution is -0.156. The molecule has 3 N–H and O–H groups in total. The minimum absolute atomic E-state index is 0.112. The van der Waals surface area contributed by atoms with E-state index in [-0.39, 0.29) is 29.0 Å². The van der Waals surface area contributed by atoms with Crippen LogP contribution in [0.4, 0.5) is 5.13 Å². The van der Waals surface area contributed by atoms with E-state index in [2.05, 4.69) is 30.9 Å². The van der Waals surface area contributed by atoms with Gasteiger partial charge in [-0.25, -0.2) is 9.78 Å². The van der Waals surface area contributed by atoms with Gasteiger partial charge in [-0.1, -0.05) is 18.5 Å². The second-order valence-corrected chi connectivity index (χ2v) is 6.93. The number of nitrogens with zero attached hydrogens (tertiary/aromatic N) is 2. The molecule has 2 rings (SSSR count). The average Bonchev–Trinajstić information content (AvgIpc) is 3.15. The SMILES string of the molecule is CCCCOC(=O)[C@@H]1NC(=O)[C@@H]1NC(=O)C(=NOC)c1csc(NC(=O)CCl)n1. The molecular weight excluding hydrogens is 426 g/mol. The van der Waals surface area contributed by atoms with Crippen LogP contribution in [0.25, 0.3) is 0 Å². The molecule has 1 aliphatic heterocycles. The maximum atomic E-state index is 12.6. The zero-order valence-electron chi connectivity index (χ0n) is 15.7. The van der Waals surface area contributed by atoms with Crippen LogP contribution in [0.3, 0.4) is 0 Å². The van der Waals surface area contributed by atoms with Crippen molar-refractivity contribution in [1.82, 2.24) is 15.6 Å². The maximum absolute atomic E-state index is 12.6. The van der Waals surface area contributed by atoms with Crippen LogP contribution in [0, 0.1) is 0 Å². The number of oxime groups is 1. The molecule has 0 bridgehead atoms. The number of carbonyl (C=O) groups excluding carboxylic acids is 4. The molecule has 1 aromatic rings. The number of nitrogens with one attached hydrogen (secondary N) is 3. The molecule has 0 aromatic carbocycles. The van der Waals surface area contributed by atoms with Gasteiger partial charge < -0.3 is 25.5 Å². The number of unbranched alkanes of at least 4 members (excludes halogenated alkanes) is 1. The molecule has 11 nitrogen and oxygen atoms in total. The Kier molecular flexibility index (Phi) is 8.34. The summed E-state index contributed by atoms with van der Waals surface area (Å²) in [5.74, 6) is -2.65. The normalized spacial score (nSPS) is 18.3. The van der Waals surface area contributed by atoms with E-state index in [1.807, 2.05) is 6.92 Å². The summed E-state index contributed by atoms with van der Waals surface area (Å²) in [6, 6.07) is -2.09. The number of anilines is 1. The number of rotatable bonds is 10. The van der Waals surface area contributed by atoms with E-state index in [4.69, 9.17) is 16.3 Å². The second-order valence-electron chi connectivity index (χ2n) is 5.80. The van der Waals surface area contributed by atoms with E-state index in [0.717, 1.165) is 17.8 Å². The molecule has 2 atom stereocenters. The Bertz CT molecular complexity index is 813. The van der Waals surface area contributed by atoms with Gasteiger partial charge in [-0.05, 0) is 6.42 Å². The van der Waals surface area contributed by atoms with Gasteiger partial charge in [-0.2, -0.15) is 0 Å². The molecular formula is C16H20ClN5O6S. The largest absolute Gasteiger partial charge is 0.464 e. The molecule has 1 saturated heterocycles. The Labute approximate surface area is 175 Å². The van der Waals surface area contributed by atoms with E-state index in [1.54, 1.807) is 0 Å². The predicted octanol–water partition coefficient (Wildman–Crippen LogP) is -0.00260. The van der Waals surface area contributed by atoms with E-state index in [1.165, 1.54) is 12.5 Å². The lowest BCUT2D eigenvalue weighted by atomic mass is 9.98. The van der Waals surface area contributed by atoms with Gasteiger partial charge in [0.25, 0.3) is 5.91 Å². The monoisotopic (exact) mass is 445 g/mol. The van der Waals surface area contributed by atoms with Crippen LogP contribution in [0.15, 0.2) is 10.5 Å². The Morgan fingerprint density at radius 2 is 2.17 bits per heavy atom. The standard InChI is InChI=1S/C16H20ClN5O6S/c1-3-4-5-28-15(26)12-11(14(25)21-12)20-13(24)10(22-27-2)8-7-29-16(18-8)19-9(23)6-17/h7,11-12H,3-6H2,1-2H3,(H,20,24)(H,21,25)(H,18,19,23)/t11-,12-/m1/s1. The fourth-order valence-electron chi connectivity index (χ4n) is 2.23. The van der Waals surface area contributed by atoms with Gasteiger partial charge in [0.15, 0.2) is 16.9 Å². The number of thiazole rings is 1. The van der Waals surface area contributed by atoms with Crippen molar-refractivity contribution < 1.29 is 28.8 Å². The third-order valence-electron chi connectivity index (χ3n) is 3.71. The molecule has 0 radical (unpaired) electrons. The molecule has 1 fully saturated rings. The Balaban J connectivity index is 2.05. The second kappa shape index (κ2) is 10.7. The molecule has 1 aliphatic rings. The highest BCUT2D eigenvalue weighted by Gasteiger charge is 2.46. The minimum atomic E-state index is -1.10. The predicted molar refractivity (Wildman–Crippen MR) is 105 cm³/mol. The first-order valence-corrected chi connectivity index (χ1v) is 10.0. The van der Waals surface area contributed by atoms with Crippen molar-refractivity contribution in [2.75, 3.05) is 24.9 Å². The highest BCUT2D eigenvalue weighted by Crippen LogP contribution is 2.17. The van der Waals surface area contributed by atoms with Gasteiger partial charge in [0.2, 0.25) is 11.8 Å². The number of ether oxygens (including phenoxy) is 1. The summed E-state index contributed by atoms with van der Waals surface area (Å²) in [4.78, 5) is 56.5. The lowest BCUT2D eigenvalue weighted by Gasteiger charge is -2.34. The molecule has 29 heavy (non-hydrogen) atoms. The maximum Gasteiger partial charge on any atom is 0.331 e. The van der Waals surface area contributed by atoms with Gasteiger partial charge in [-0.3, -0.25) is 14.4 Å². The van der Waals surface area contributed by atoms with Crippen LogP contribution in [-0.4, -0.2) is 66.1 Å². The molecule has 0 saturated carbocycles. The molecule has 0 spiro atoms. The Morgan fingerprint density at radius 3 is 2.79 bits per heavy atom. The third kappa shape index (κ3) is 5.87. The first-order valence-electron chi connectivity index (χ1n) is 8.62. The number of halogens is 1. The molecule has 3 amide bonds. The minimum Gasteiger partial charge on any atom is -0.464 e. The average molecular weight is 446 g/mol. The van der Waals surface area contributed by atoms with E-state index in [9.17, 15) is 19.2 Å². The fourth-order valence-corrected chi connectivity index (χ4v) is 3.01. The van der Waals surface area contributed by atoms with Crippen molar-refractivity contribution >= 4 is 57.5 Å². The van der Waals surface area contributed by atoms with Crippen molar-refractivity contribution in [3.8, 4) is 0 Å². The van der Waals surface area contributed by atoms with Crippen LogP contribution in [0.2, 0.25) is 0 Å². The van der Waals surface area contributed by atoms with Crippen molar-refractivity contribution in [1.29, 1.82) is 0 Å². The highest BCUT2D eigenvalue weighted by molar-refractivity contribution is 7.14.